The van der Waals surface area contributed by atoms with Crippen molar-refractivity contribution in [2.24, 2.45) is 0 Å². The summed E-state index contributed by atoms with van der Waals surface area (Å²) in [5.74, 6) is 0. The van der Waals surface area contributed by atoms with Gasteiger partial charge in [0.25, 0.3) is 0 Å². The Morgan fingerprint density at radius 2 is 0.944 bits per heavy atom. The lowest BCUT2D eigenvalue weighted by Crippen LogP contribution is -2.12. The molecule has 11 rings (SSSR count). The predicted molar refractivity (Wildman–Crippen MR) is 229 cm³/mol. The van der Waals surface area contributed by atoms with E-state index in [0.717, 1.165) is 50.1 Å². The topological polar surface area (TPSA) is 16.4 Å². The average molecular weight is 688 g/mol. The summed E-state index contributed by atoms with van der Waals surface area (Å²) >= 11 is 0. The van der Waals surface area contributed by atoms with Crippen LogP contribution in [0.15, 0.2) is 205 Å². The molecule has 11 aromatic rings. The zero-order valence-corrected chi connectivity index (χ0v) is 29.4. The smallest absolute Gasteiger partial charge is 0.136 e. The summed E-state index contributed by atoms with van der Waals surface area (Å²) in [6.07, 6.45) is 0. The van der Waals surface area contributed by atoms with Gasteiger partial charge in [-0.3, -0.25) is 0 Å². The standard InChI is InChI=1S/C52H33NO/c1-2-14-36-30-40(27-26-34(36)12-1)37-17-9-18-41(31-37)53(49-24-10-21-43-42-19-6-5-13-35(42)28-29-45(43)49)48-23-8-7-20-44(48)46-22-11-25-50-52(46)47-32-38-15-3-4-16-39(38)33-51(47)54-50/h1-33H. The summed E-state index contributed by atoms with van der Waals surface area (Å²) in [4.78, 5) is 2.45. The molecule has 1 aromatic heterocycles. The van der Waals surface area contributed by atoms with E-state index < -0.39 is 0 Å². The van der Waals surface area contributed by atoms with E-state index in [1.54, 1.807) is 0 Å². The summed E-state index contributed by atoms with van der Waals surface area (Å²) in [6.45, 7) is 0. The Morgan fingerprint density at radius 1 is 0.315 bits per heavy atom. The molecular formula is C52H33NO. The van der Waals surface area contributed by atoms with Gasteiger partial charge in [-0.05, 0) is 103 Å². The number of benzene rings is 10. The largest absolute Gasteiger partial charge is 0.456 e. The summed E-state index contributed by atoms with van der Waals surface area (Å²) in [5.41, 5.74) is 9.71. The summed E-state index contributed by atoms with van der Waals surface area (Å²) in [7, 11) is 0. The Kier molecular flexibility index (Phi) is 6.90. The molecule has 0 fully saturated rings. The fourth-order valence-electron chi connectivity index (χ4n) is 8.45. The quantitative estimate of drug-likeness (QED) is 0.168. The van der Waals surface area contributed by atoms with Crippen LogP contribution in [-0.2, 0) is 0 Å². The lowest BCUT2D eigenvalue weighted by Gasteiger charge is -2.29. The van der Waals surface area contributed by atoms with Crippen molar-refractivity contribution in [2.75, 3.05) is 4.90 Å². The second-order valence-electron chi connectivity index (χ2n) is 14.1. The Morgan fingerprint density at radius 3 is 1.83 bits per heavy atom. The molecule has 0 unspecified atom stereocenters. The van der Waals surface area contributed by atoms with Crippen LogP contribution in [0.4, 0.5) is 17.1 Å². The van der Waals surface area contributed by atoms with E-state index in [1.807, 2.05) is 0 Å². The van der Waals surface area contributed by atoms with Crippen LogP contribution in [0.2, 0.25) is 0 Å². The number of anilines is 3. The lowest BCUT2D eigenvalue weighted by atomic mass is 9.95. The molecule has 0 radical (unpaired) electrons. The molecule has 0 N–H and O–H groups in total. The molecule has 0 spiro atoms. The van der Waals surface area contributed by atoms with E-state index in [0.29, 0.717) is 0 Å². The third-order valence-corrected chi connectivity index (χ3v) is 11.0. The molecule has 54 heavy (non-hydrogen) atoms. The van der Waals surface area contributed by atoms with Crippen molar-refractivity contribution in [3.63, 3.8) is 0 Å². The molecule has 0 aliphatic rings. The van der Waals surface area contributed by atoms with Crippen molar-refractivity contribution in [1.82, 2.24) is 0 Å². The number of hydrogen-bond donors (Lipinski definition) is 0. The zero-order chi connectivity index (χ0) is 35.6. The van der Waals surface area contributed by atoms with E-state index in [2.05, 4.69) is 205 Å². The normalized spacial score (nSPS) is 11.7. The molecule has 0 aliphatic carbocycles. The summed E-state index contributed by atoms with van der Waals surface area (Å²) < 4.78 is 6.57. The van der Waals surface area contributed by atoms with Gasteiger partial charge in [0, 0.05) is 27.4 Å². The van der Waals surface area contributed by atoms with Crippen LogP contribution in [-0.4, -0.2) is 0 Å². The number of rotatable bonds is 5. The molecular weight excluding hydrogens is 655 g/mol. The zero-order valence-electron chi connectivity index (χ0n) is 29.4. The number of para-hydroxylation sites is 1. The Hall–Kier alpha value is -7.16. The molecule has 2 nitrogen and oxygen atoms in total. The van der Waals surface area contributed by atoms with Gasteiger partial charge in [0.1, 0.15) is 11.2 Å². The highest BCUT2D eigenvalue weighted by atomic mass is 16.3. The Balaban J connectivity index is 1.18. The number of fused-ring (bicyclic) bond motifs is 8. The number of furan rings is 1. The second-order valence-corrected chi connectivity index (χ2v) is 14.1. The van der Waals surface area contributed by atoms with E-state index >= 15 is 0 Å². The first-order valence-corrected chi connectivity index (χ1v) is 18.5. The van der Waals surface area contributed by atoms with Crippen molar-refractivity contribution in [2.45, 2.75) is 0 Å². The molecule has 10 aromatic carbocycles. The maximum absolute atomic E-state index is 6.57. The van der Waals surface area contributed by atoms with Crippen LogP contribution >= 0.6 is 0 Å². The van der Waals surface area contributed by atoms with Crippen LogP contribution in [0, 0.1) is 0 Å². The Bertz CT molecular complexity index is 3240. The van der Waals surface area contributed by atoms with Crippen molar-refractivity contribution in [3.8, 4) is 22.3 Å². The van der Waals surface area contributed by atoms with Crippen LogP contribution < -0.4 is 4.90 Å². The molecule has 1 heterocycles. The molecule has 0 saturated heterocycles. The lowest BCUT2D eigenvalue weighted by molar-refractivity contribution is 0.669. The van der Waals surface area contributed by atoms with Crippen LogP contribution in [0.5, 0.6) is 0 Å². The van der Waals surface area contributed by atoms with Crippen LogP contribution in [0.1, 0.15) is 0 Å². The van der Waals surface area contributed by atoms with Gasteiger partial charge in [0.05, 0.1) is 11.4 Å². The minimum Gasteiger partial charge on any atom is -0.456 e. The van der Waals surface area contributed by atoms with Gasteiger partial charge in [0.2, 0.25) is 0 Å². The molecule has 252 valence electrons. The molecule has 0 bridgehead atoms. The molecule has 0 atom stereocenters. The highest BCUT2D eigenvalue weighted by Crippen LogP contribution is 2.47. The first kappa shape index (κ1) is 30.5. The number of nitrogens with zero attached hydrogens (tertiary/aromatic N) is 1. The van der Waals surface area contributed by atoms with Gasteiger partial charge in [0.15, 0.2) is 0 Å². The van der Waals surface area contributed by atoms with Crippen LogP contribution in [0.25, 0.3) is 87.3 Å². The molecule has 0 aliphatic heterocycles. The Labute approximate surface area is 312 Å². The van der Waals surface area contributed by atoms with Gasteiger partial charge in [-0.25, -0.2) is 0 Å². The molecule has 2 heteroatoms. The van der Waals surface area contributed by atoms with Gasteiger partial charge >= 0.3 is 0 Å². The van der Waals surface area contributed by atoms with Crippen LogP contribution in [0.3, 0.4) is 0 Å². The minimum absolute atomic E-state index is 0.883. The van der Waals surface area contributed by atoms with Gasteiger partial charge < -0.3 is 9.32 Å². The number of hydrogen-bond acceptors (Lipinski definition) is 2. The SMILES string of the molecule is c1cc(-c2ccc3ccccc3c2)cc(N(c2ccccc2-c2cccc3oc4cc5ccccc5cc4c23)c2cccc3c2ccc2ccccc23)c1. The van der Waals surface area contributed by atoms with E-state index in [1.165, 1.54) is 54.2 Å². The highest BCUT2D eigenvalue weighted by Gasteiger charge is 2.22. The minimum atomic E-state index is 0.883. The van der Waals surface area contributed by atoms with Crippen molar-refractivity contribution in [1.29, 1.82) is 0 Å². The summed E-state index contributed by atoms with van der Waals surface area (Å²) in [5, 5.41) is 12.0. The summed E-state index contributed by atoms with van der Waals surface area (Å²) in [6, 6.07) is 72.4. The predicted octanol–water partition coefficient (Wildman–Crippen LogP) is 15.0. The molecule has 0 saturated carbocycles. The first-order chi connectivity index (χ1) is 26.8. The molecule has 0 amide bonds. The maximum Gasteiger partial charge on any atom is 0.136 e. The highest BCUT2D eigenvalue weighted by molar-refractivity contribution is 6.18. The van der Waals surface area contributed by atoms with Gasteiger partial charge in [-0.15, -0.1) is 0 Å². The first-order valence-electron chi connectivity index (χ1n) is 18.5. The fraction of sp³-hybridized carbons (Fsp3) is 0. The van der Waals surface area contributed by atoms with Gasteiger partial charge in [-0.1, -0.05) is 152 Å². The third-order valence-electron chi connectivity index (χ3n) is 11.0. The monoisotopic (exact) mass is 687 g/mol. The van der Waals surface area contributed by atoms with Crippen molar-refractivity contribution >= 4 is 82.1 Å². The van der Waals surface area contributed by atoms with E-state index in [9.17, 15) is 0 Å². The third kappa shape index (κ3) is 4.88. The fourth-order valence-corrected chi connectivity index (χ4v) is 8.45. The van der Waals surface area contributed by atoms with E-state index in [-0.39, 0.29) is 0 Å². The maximum atomic E-state index is 6.57. The second kappa shape index (κ2) is 12.2. The van der Waals surface area contributed by atoms with E-state index in [4.69, 9.17) is 4.42 Å². The average Bonchev–Trinajstić information content (AvgIpc) is 3.60. The van der Waals surface area contributed by atoms with Crippen molar-refractivity contribution in [3.05, 3.63) is 200 Å². The van der Waals surface area contributed by atoms with Gasteiger partial charge in [-0.2, -0.15) is 0 Å². The van der Waals surface area contributed by atoms with Crippen molar-refractivity contribution < 1.29 is 4.42 Å².